The van der Waals surface area contributed by atoms with Gasteiger partial charge in [-0.2, -0.15) is 5.10 Å². The maximum Gasteiger partial charge on any atom is 0.0728 e. The first-order chi connectivity index (χ1) is 11.9. The predicted molar refractivity (Wildman–Crippen MR) is 100 cm³/mol. The van der Waals surface area contributed by atoms with Gasteiger partial charge in [0.05, 0.1) is 17.6 Å². The van der Waals surface area contributed by atoms with E-state index < -0.39 is 0 Å². The number of hydrogen-bond acceptors (Lipinski definition) is 2. The fourth-order valence-electron chi connectivity index (χ4n) is 3.35. The van der Waals surface area contributed by atoms with E-state index in [2.05, 4.69) is 45.5 Å². The van der Waals surface area contributed by atoms with Gasteiger partial charge in [0.25, 0.3) is 0 Å². The largest absolute Gasteiger partial charge is 0.277 e. The number of hydrogen-bond donors (Lipinski definition) is 1. The molecular formula is C21H23N3. The molecule has 4 rings (SSSR count). The molecule has 3 aromatic rings. The second-order valence-electron chi connectivity index (χ2n) is 6.28. The van der Waals surface area contributed by atoms with Crippen molar-refractivity contribution < 1.29 is 1.43 Å². The lowest BCUT2D eigenvalue weighted by molar-refractivity contribution is 0.720. The van der Waals surface area contributed by atoms with Gasteiger partial charge < -0.3 is 0 Å². The van der Waals surface area contributed by atoms with Gasteiger partial charge in [0.15, 0.2) is 0 Å². The Balaban J connectivity index is 0.00000182. The Hall–Kier alpha value is -2.68. The first-order valence-corrected chi connectivity index (χ1v) is 8.66. The number of rotatable bonds is 3. The van der Waals surface area contributed by atoms with Crippen molar-refractivity contribution in [3.05, 3.63) is 66.6 Å². The minimum absolute atomic E-state index is 0. The third-order valence-electron chi connectivity index (χ3n) is 4.64. The standard InChI is InChI=1S/C21H21N3.H2/c1-2-5-9-16(8-4-1)20-14-18(12-13-22-20)19-15-23-24-21(19)17-10-6-3-7-11-17;/h3,6-8,10-15H,1-2,4-5,9H2,(H,23,24);1H. The van der Waals surface area contributed by atoms with E-state index in [1.807, 2.05) is 30.6 Å². The van der Waals surface area contributed by atoms with E-state index in [-0.39, 0.29) is 1.43 Å². The van der Waals surface area contributed by atoms with Crippen LogP contribution in [0.5, 0.6) is 0 Å². The van der Waals surface area contributed by atoms with Crippen molar-refractivity contribution in [3.63, 3.8) is 0 Å². The Kier molecular flexibility index (Phi) is 4.24. The van der Waals surface area contributed by atoms with Crippen LogP contribution in [0.3, 0.4) is 0 Å². The second-order valence-corrected chi connectivity index (χ2v) is 6.28. The zero-order valence-electron chi connectivity index (χ0n) is 13.7. The minimum atomic E-state index is 0. The van der Waals surface area contributed by atoms with Gasteiger partial charge in [0.2, 0.25) is 0 Å². The third-order valence-corrected chi connectivity index (χ3v) is 4.64. The van der Waals surface area contributed by atoms with E-state index in [9.17, 15) is 0 Å². The van der Waals surface area contributed by atoms with Crippen LogP contribution >= 0.6 is 0 Å². The lowest BCUT2D eigenvalue weighted by Crippen LogP contribution is -1.91. The fraction of sp³-hybridized carbons (Fsp3) is 0.238. The number of benzene rings is 1. The Bertz CT molecular complexity index is 852. The van der Waals surface area contributed by atoms with E-state index in [0.29, 0.717) is 0 Å². The number of allylic oxidation sites excluding steroid dienone is 2. The van der Waals surface area contributed by atoms with E-state index in [0.717, 1.165) is 34.5 Å². The van der Waals surface area contributed by atoms with Crippen LogP contribution in [0, 0.1) is 0 Å². The van der Waals surface area contributed by atoms with E-state index >= 15 is 0 Å². The monoisotopic (exact) mass is 317 g/mol. The molecule has 0 radical (unpaired) electrons. The molecule has 0 saturated carbocycles. The summed E-state index contributed by atoms with van der Waals surface area (Å²) >= 11 is 0. The highest BCUT2D eigenvalue weighted by molar-refractivity contribution is 5.81. The lowest BCUT2D eigenvalue weighted by atomic mass is 9.99. The van der Waals surface area contributed by atoms with Gasteiger partial charge in [0.1, 0.15) is 0 Å². The summed E-state index contributed by atoms with van der Waals surface area (Å²) in [6.07, 6.45) is 12.4. The first kappa shape index (κ1) is 14.9. The van der Waals surface area contributed by atoms with Gasteiger partial charge in [-0.1, -0.05) is 42.8 Å². The molecule has 0 amide bonds. The Morgan fingerprint density at radius 1 is 0.958 bits per heavy atom. The van der Waals surface area contributed by atoms with Crippen molar-refractivity contribution in [2.75, 3.05) is 0 Å². The summed E-state index contributed by atoms with van der Waals surface area (Å²) in [5.41, 5.74) is 6.99. The Morgan fingerprint density at radius 3 is 2.79 bits per heavy atom. The van der Waals surface area contributed by atoms with Crippen molar-refractivity contribution in [1.82, 2.24) is 15.2 Å². The summed E-state index contributed by atoms with van der Waals surface area (Å²) in [5.74, 6) is 0. The SMILES string of the molecule is C1=C(c2cc(-c3cn[nH]c3-c3ccccc3)ccn2)CCCCC1.[HH]. The summed E-state index contributed by atoms with van der Waals surface area (Å²) in [4.78, 5) is 4.62. The molecule has 0 bridgehead atoms. The fourth-order valence-corrected chi connectivity index (χ4v) is 3.35. The highest BCUT2D eigenvalue weighted by Gasteiger charge is 2.12. The number of nitrogens with zero attached hydrogens (tertiary/aromatic N) is 2. The molecule has 0 aliphatic heterocycles. The summed E-state index contributed by atoms with van der Waals surface area (Å²) in [5, 5.41) is 7.42. The van der Waals surface area contributed by atoms with Gasteiger partial charge in [-0.15, -0.1) is 0 Å². The first-order valence-electron chi connectivity index (χ1n) is 8.66. The molecular weight excluding hydrogens is 294 g/mol. The quantitative estimate of drug-likeness (QED) is 0.670. The Labute approximate surface area is 144 Å². The van der Waals surface area contributed by atoms with Crippen molar-refractivity contribution in [1.29, 1.82) is 0 Å². The van der Waals surface area contributed by atoms with E-state index in [4.69, 9.17) is 0 Å². The smallest absolute Gasteiger partial charge is 0.0728 e. The normalized spacial score (nSPS) is 14.9. The number of nitrogens with one attached hydrogen (secondary N) is 1. The molecule has 1 N–H and O–H groups in total. The highest BCUT2D eigenvalue weighted by Crippen LogP contribution is 2.32. The maximum absolute atomic E-state index is 4.62. The Morgan fingerprint density at radius 2 is 1.88 bits per heavy atom. The topological polar surface area (TPSA) is 41.6 Å². The average molecular weight is 317 g/mol. The van der Waals surface area contributed by atoms with Crippen LogP contribution in [0.15, 0.2) is 60.9 Å². The number of H-pyrrole nitrogens is 1. The van der Waals surface area contributed by atoms with Crippen LogP contribution in [0.2, 0.25) is 0 Å². The van der Waals surface area contributed by atoms with Gasteiger partial charge in [-0.3, -0.25) is 10.1 Å². The van der Waals surface area contributed by atoms with Crippen LogP contribution < -0.4 is 0 Å². The molecule has 1 aromatic carbocycles. The molecule has 2 heterocycles. The number of aromatic amines is 1. The lowest BCUT2D eigenvalue weighted by Gasteiger charge is -2.08. The molecule has 0 atom stereocenters. The van der Waals surface area contributed by atoms with Crippen molar-refractivity contribution in [2.45, 2.75) is 32.1 Å². The molecule has 122 valence electrons. The molecule has 0 fully saturated rings. The molecule has 1 aliphatic carbocycles. The zero-order valence-corrected chi connectivity index (χ0v) is 13.7. The molecule has 3 nitrogen and oxygen atoms in total. The maximum atomic E-state index is 4.62. The molecule has 0 spiro atoms. The van der Waals surface area contributed by atoms with Crippen molar-refractivity contribution >= 4 is 5.57 Å². The molecule has 2 aromatic heterocycles. The highest BCUT2D eigenvalue weighted by atomic mass is 15.1. The minimum Gasteiger partial charge on any atom is -0.277 e. The number of aromatic nitrogens is 3. The zero-order chi connectivity index (χ0) is 16.2. The molecule has 24 heavy (non-hydrogen) atoms. The molecule has 0 unspecified atom stereocenters. The van der Waals surface area contributed by atoms with Gasteiger partial charge in [0, 0.05) is 18.8 Å². The van der Waals surface area contributed by atoms with Crippen molar-refractivity contribution in [3.8, 4) is 22.4 Å². The van der Waals surface area contributed by atoms with E-state index in [1.165, 1.54) is 31.3 Å². The molecule has 1 aliphatic rings. The van der Waals surface area contributed by atoms with Crippen molar-refractivity contribution in [2.24, 2.45) is 0 Å². The second kappa shape index (κ2) is 6.83. The van der Waals surface area contributed by atoms with E-state index in [1.54, 1.807) is 0 Å². The number of pyridine rings is 1. The van der Waals surface area contributed by atoms with Crippen LogP contribution in [-0.2, 0) is 0 Å². The van der Waals surface area contributed by atoms with Gasteiger partial charge >= 0.3 is 0 Å². The third kappa shape index (κ3) is 3.02. The molecule has 0 saturated heterocycles. The predicted octanol–water partition coefficient (Wildman–Crippen LogP) is 5.73. The van der Waals surface area contributed by atoms with Crippen LogP contribution in [0.4, 0.5) is 0 Å². The van der Waals surface area contributed by atoms with Crippen LogP contribution in [0.25, 0.3) is 28.0 Å². The van der Waals surface area contributed by atoms with Gasteiger partial charge in [-0.05, 0) is 49.0 Å². The summed E-state index contributed by atoms with van der Waals surface area (Å²) in [6.45, 7) is 0. The summed E-state index contributed by atoms with van der Waals surface area (Å²) in [6, 6.07) is 14.6. The van der Waals surface area contributed by atoms with Gasteiger partial charge in [-0.25, -0.2) is 0 Å². The van der Waals surface area contributed by atoms with Crippen LogP contribution in [-0.4, -0.2) is 15.2 Å². The summed E-state index contributed by atoms with van der Waals surface area (Å²) in [7, 11) is 0. The average Bonchev–Trinajstić information content (AvgIpc) is 2.98. The van der Waals surface area contributed by atoms with Crippen LogP contribution in [0.1, 0.15) is 39.2 Å². The summed E-state index contributed by atoms with van der Waals surface area (Å²) < 4.78 is 0. The molecule has 3 heteroatoms.